The van der Waals surface area contributed by atoms with Gasteiger partial charge in [0.15, 0.2) is 5.82 Å². The molecule has 16 heteroatoms. The van der Waals surface area contributed by atoms with Crippen molar-refractivity contribution >= 4 is 29.6 Å². The average Bonchev–Trinajstić information content (AvgIpc) is 3.52. The Morgan fingerprint density at radius 1 is 1.08 bits per heavy atom. The van der Waals surface area contributed by atoms with Gasteiger partial charge in [-0.05, 0) is 77.7 Å². The SMILES string of the molecule is CCN(C(=O)c1cc(F)ccc1Oc1nncnc1N1CCC2(C1)CN(C(CCCN(C)CCNC(C)=O)C(C)C)C2)C(C)C.O=C(O)/C=C/C(=O)O. The van der Waals surface area contributed by atoms with E-state index in [0.29, 0.717) is 43.0 Å². The summed E-state index contributed by atoms with van der Waals surface area (Å²) in [7, 11) is 2.11. The predicted molar refractivity (Wildman–Crippen MR) is 197 cm³/mol. The number of aliphatic carboxylic acids is 2. The lowest BCUT2D eigenvalue weighted by atomic mass is 9.76. The molecule has 2 aliphatic heterocycles. The van der Waals surface area contributed by atoms with Crippen molar-refractivity contribution in [2.24, 2.45) is 11.3 Å². The monoisotopic (exact) mass is 742 g/mol. The first-order valence-electron chi connectivity index (χ1n) is 18.1. The van der Waals surface area contributed by atoms with Crippen molar-refractivity contribution in [2.75, 3.05) is 64.3 Å². The van der Waals surface area contributed by atoms with E-state index in [2.05, 4.69) is 56.1 Å². The quantitative estimate of drug-likeness (QED) is 0.200. The standard InChI is InChI=1S/C33H51FN8O3.C4H4O4/c1-8-42(24(4)5)32(44)27-18-26(34)11-12-29(27)45-31-30(36-22-37-38-31)40-16-13-33(19-40)20-41(21-33)28(23(2)3)10-9-15-39(7)17-14-35-25(6)43;5-3(6)1-2-4(7)8/h11-12,18,22-24,28H,8-10,13-17,19-21H2,1-7H3,(H,35,43);1-2H,(H,5,6)(H,7,8)/b;2-1+. The topological polar surface area (TPSA) is 182 Å². The molecule has 2 fully saturated rings. The molecule has 292 valence electrons. The van der Waals surface area contributed by atoms with Gasteiger partial charge in [0, 0.05) is 82.4 Å². The molecule has 2 aliphatic rings. The summed E-state index contributed by atoms with van der Waals surface area (Å²) in [5, 5.41) is 26.7. The number of hydrogen-bond donors (Lipinski definition) is 3. The van der Waals surface area contributed by atoms with Gasteiger partial charge in [0.05, 0.1) is 5.56 Å². The lowest BCUT2D eigenvalue weighted by molar-refractivity contribution is -0.134. The number of benzene rings is 1. The summed E-state index contributed by atoms with van der Waals surface area (Å²) in [5.74, 6) is -1.72. The van der Waals surface area contributed by atoms with Crippen molar-refractivity contribution in [3.05, 3.63) is 48.1 Å². The number of likely N-dealkylation sites (tertiary alicyclic amines) is 1. The van der Waals surface area contributed by atoms with Gasteiger partial charge in [0.1, 0.15) is 17.9 Å². The Bertz CT molecular complexity index is 1570. The van der Waals surface area contributed by atoms with Gasteiger partial charge in [0.25, 0.3) is 11.8 Å². The van der Waals surface area contributed by atoms with E-state index in [9.17, 15) is 23.6 Å². The molecule has 15 nitrogen and oxygen atoms in total. The number of nitrogens with one attached hydrogen (secondary N) is 1. The van der Waals surface area contributed by atoms with Gasteiger partial charge in [0.2, 0.25) is 5.91 Å². The number of carboxylic acid groups (broad SMARTS) is 2. The molecule has 4 rings (SSSR count). The fourth-order valence-electron chi connectivity index (χ4n) is 6.91. The van der Waals surface area contributed by atoms with Crippen LogP contribution in [0.2, 0.25) is 0 Å². The molecule has 1 aromatic heterocycles. The number of hydrogen-bond acceptors (Lipinski definition) is 11. The van der Waals surface area contributed by atoms with Crippen LogP contribution in [0.5, 0.6) is 11.6 Å². The number of anilines is 1. The molecule has 2 amide bonds. The van der Waals surface area contributed by atoms with Crippen molar-refractivity contribution in [2.45, 2.75) is 72.9 Å². The van der Waals surface area contributed by atoms with Crippen LogP contribution in [0.4, 0.5) is 10.2 Å². The molecule has 53 heavy (non-hydrogen) atoms. The minimum absolute atomic E-state index is 0.0132. The average molecular weight is 743 g/mol. The molecule has 0 radical (unpaired) electrons. The fraction of sp³-hybridized carbons (Fsp3) is 0.595. The summed E-state index contributed by atoms with van der Waals surface area (Å²) in [6, 6.07) is 4.44. The largest absolute Gasteiger partial charge is 0.478 e. The Hall–Kier alpha value is -4.70. The Morgan fingerprint density at radius 2 is 1.75 bits per heavy atom. The first kappa shape index (κ1) is 42.7. The molecular weight excluding hydrogens is 687 g/mol. The van der Waals surface area contributed by atoms with E-state index in [1.54, 1.807) is 11.8 Å². The molecule has 3 N–H and O–H groups in total. The molecular formula is C37H55FN8O7. The van der Waals surface area contributed by atoms with Crippen molar-refractivity contribution in [3.63, 3.8) is 0 Å². The zero-order chi connectivity index (χ0) is 39.3. The second-order valence-electron chi connectivity index (χ2n) is 14.3. The van der Waals surface area contributed by atoms with Crippen LogP contribution in [0.25, 0.3) is 0 Å². The normalized spacial score (nSPS) is 15.7. The van der Waals surface area contributed by atoms with Gasteiger partial charge < -0.3 is 35.0 Å². The predicted octanol–water partition coefficient (Wildman–Crippen LogP) is 3.77. The number of halogens is 1. The second-order valence-corrected chi connectivity index (χ2v) is 14.3. The number of rotatable bonds is 17. The number of ether oxygens (including phenoxy) is 1. The fourth-order valence-corrected chi connectivity index (χ4v) is 6.91. The number of carboxylic acids is 2. The van der Waals surface area contributed by atoms with Crippen LogP contribution in [0.1, 0.15) is 71.2 Å². The summed E-state index contributed by atoms with van der Waals surface area (Å²) >= 11 is 0. The highest BCUT2D eigenvalue weighted by Crippen LogP contribution is 2.44. The van der Waals surface area contributed by atoms with Crippen LogP contribution < -0.4 is 15.0 Å². The van der Waals surface area contributed by atoms with Gasteiger partial charge in [-0.3, -0.25) is 14.5 Å². The van der Waals surface area contributed by atoms with Crippen LogP contribution in [0.3, 0.4) is 0 Å². The zero-order valence-corrected chi connectivity index (χ0v) is 31.9. The number of carbonyl (C=O) groups excluding carboxylic acids is 2. The van der Waals surface area contributed by atoms with Gasteiger partial charge in [-0.15, -0.1) is 10.2 Å². The number of likely N-dealkylation sites (N-methyl/N-ethyl adjacent to an activating group) is 1. The Labute approximate surface area is 311 Å². The van der Waals surface area contributed by atoms with Gasteiger partial charge in [-0.1, -0.05) is 13.8 Å². The third-order valence-corrected chi connectivity index (χ3v) is 9.50. The minimum Gasteiger partial charge on any atom is -0.478 e. The third-order valence-electron chi connectivity index (χ3n) is 9.50. The number of amides is 2. The second kappa shape index (κ2) is 19.9. The van der Waals surface area contributed by atoms with Crippen molar-refractivity contribution in [1.29, 1.82) is 0 Å². The summed E-state index contributed by atoms with van der Waals surface area (Å²) in [6.07, 6.45) is 5.83. The van der Waals surface area contributed by atoms with Crippen molar-refractivity contribution < 1.29 is 38.5 Å². The molecule has 1 unspecified atom stereocenters. The minimum atomic E-state index is -1.26. The number of aromatic nitrogens is 3. The highest BCUT2D eigenvalue weighted by molar-refractivity contribution is 5.97. The third kappa shape index (κ3) is 12.7. The molecule has 0 bridgehead atoms. The number of carbonyl (C=O) groups is 4. The van der Waals surface area contributed by atoms with E-state index >= 15 is 0 Å². The smallest absolute Gasteiger partial charge is 0.328 e. The maximum Gasteiger partial charge on any atom is 0.328 e. The van der Waals surface area contributed by atoms with Crippen LogP contribution in [-0.2, 0) is 14.4 Å². The lowest BCUT2D eigenvalue weighted by Crippen LogP contribution is -2.62. The van der Waals surface area contributed by atoms with Gasteiger partial charge >= 0.3 is 11.9 Å². The van der Waals surface area contributed by atoms with E-state index in [1.165, 1.54) is 24.5 Å². The zero-order valence-electron chi connectivity index (χ0n) is 31.9. The lowest BCUT2D eigenvalue weighted by Gasteiger charge is -2.53. The highest BCUT2D eigenvalue weighted by atomic mass is 19.1. The van der Waals surface area contributed by atoms with E-state index < -0.39 is 17.8 Å². The Morgan fingerprint density at radius 3 is 2.34 bits per heavy atom. The van der Waals surface area contributed by atoms with Gasteiger partial charge in [-0.25, -0.2) is 19.0 Å². The van der Waals surface area contributed by atoms with Crippen molar-refractivity contribution in [3.8, 4) is 11.6 Å². The molecule has 0 saturated carbocycles. The van der Waals surface area contributed by atoms with E-state index in [-0.39, 0.29) is 40.5 Å². The number of nitrogens with zero attached hydrogens (tertiary/aromatic N) is 7. The summed E-state index contributed by atoms with van der Waals surface area (Å²) in [5.41, 5.74) is 0.328. The molecule has 1 aromatic carbocycles. The van der Waals surface area contributed by atoms with Crippen LogP contribution in [-0.4, -0.2) is 135 Å². The van der Waals surface area contributed by atoms with Gasteiger partial charge in [-0.2, -0.15) is 0 Å². The van der Waals surface area contributed by atoms with E-state index in [4.69, 9.17) is 14.9 Å². The Kier molecular flexibility index (Phi) is 16.1. The summed E-state index contributed by atoms with van der Waals surface area (Å²) in [6.45, 7) is 18.7. The van der Waals surface area contributed by atoms with Crippen molar-refractivity contribution in [1.82, 2.24) is 35.2 Å². The van der Waals surface area contributed by atoms with Crippen LogP contribution in [0.15, 0.2) is 36.7 Å². The summed E-state index contributed by atoms with van der Waals surface area (Å²) in [4.78, 5) is 56.9. The first-order chi connectivity index (χ1) is 25.1. The molecule has 1 spiro atoms. The Balaban J connectivity index is 0.000000846. The summed E-state index contributed by atoms with van der Waals surface area (Å²) < 4.78 is 20.5. The molecule has 2 aromatic rings. The molecule has 3 heterocycles. The van der Waals surface area contributed by atoms with Crippen LogP contribution >= 0.6 is 0 Å². The maximum absolute atomic E-state index is 14.3. The molecule has 0 aliphatic carbocycles. The highest BCUT2D eigenvalue weighted by Gasteiger charge is 2.50. The molecule has 2 saturated heterocycles. The van der Waals surface area contributed by atoms with Crippen LogP contribution in [0, 0.1) is 17.2 Å². The molecule has 1 atom stereocenters. The maximum atomic E-state index is 14.3. The van der Waals surface area contributed by atoms with E-state index in [1.807, 2.05) is 20.8 Å². The van der Waals surface area contributed by atoms with E-state index in [0.717, 1.165) is 58.5 Å². The first-order valence-corrected chi connectivity index (χ1v) is 18.1.